The quantitative estimate of drug-likeness (QED) is 0.289. The minimum absolute atomic E-state index is 0.244. The number of hydrazone groups is 1. The number of amides is 3. The summed E-state index contributed by atoms with van der Waals surface area (Å²) < 4.78 is 0.738. The van der Waals surface area contributed by atoms with Gasteiger partial charge in [-0.2, -0.15) is 10.2 Å². The van der Waals surface area contributed by atoms with Gasteiger partial charge in [0.15, 0.2) is 12.1 Å². The van der Waals surface area contributed by atoms with E-state index in [-0.39, 0.29) is 18.5 Å². The second kappa shape index (κ2) is 10.0. The van der Waals surface area contributed by atoms with Crippen LogP contribution in [0.2, 0.25) is 0 Å². The number of hydrogen-bond acceptors (Lipinski definition) is 7. The molecule has 41 heavy (non-hydrogen) atoms. The summed E-state index contributed by atoms with van der Waals surface area (Å²) >= 11 is 3.39. The first-order valence-corrected chi connectivity index (χ1v) is 14.0. The molecule has 1 saturated heterocycles. The van der Waals surface area contributed by atoms with Gasteiger partial charge in [-0.1, -0.05) is 100 Å². The third-order valence-electron chi connectivity index (χ3n) is 7.67. The molecule has 4 aromatic rings. The lowest BCUT2D eigenvalue weighted by atomic mass is 9.95. The fourth-order valence-electron chi connectivity index (χ4n) is 5.75. The van der Waals surface area contributed by atoms with E-state index in [1.165, 1.54) is 10.0 Å². The Morgan fingerprint density at radius 3 is 2.46 bits per heavy atom. The Morgan fingerprint density at radius 1 is 0.878 bits per heavy atom. The number of fused-ring (bicyclic) bond motifs is 2. The molecule has 0 aliphatic carbocycles. The van der Waals surface area contributed by atoms with Crippen LogP contribution in [-0.2, 0) is 14.4 Å². The van der Waals surface area contributed by atoms with Crippen LogP contribution in [0.3, 0.4) is 0 Å². The van der Waals surface area contributed by atoms with Gasteiger partial charge in [0.05, 0.1) is 17.4 Å². The Hall–Kier alpha value is -4.70. The SMILES string of the molecule is O=C1[C@@H]2[C@@H](N=NN2CC(=O)N2N=C(c3cccc4ccccc34)C[C@H]2c2ccccc2)C(=O)N1c1cccc(Br)c1. The van der Waals surface area contributed by atoms with Crippen molar-refractivity contribution in [3.63, 3.8) is 0 Å². The average molecular weight is 607 g/mol. The number of carbonyl (C=O) groups excluding carboxylic acids is 3. The maximum absolute atomic E-state index is 13.9. The summed E-state index contributed by atoms with van der Waals surface area (Å²) in [6.45, 7) is -0.244. The van der Waals surface area contributed by atoms with Crippen molar-refractivity contribution < 1.29 is 14.4 Å². The van der Waals surface area contributed by atoms with Gasteiger partial charge in [-0.25, -0.2) is 9.91 Å². The van der Waals surface area contributed by atoms with Crippen molar-refractivity contribution in [1.82, 2.24) is 10.0 Å². The lowest BCUT2D eigenvalue weighted by Crippen LogP contribution is -2.44. The van der Waals surface area contributed by atoms with E-state index in [1.54, 1.807) is 18.2 Å². The van der Waals surface area contributed by atoms with Gasteiger partial charge < -0.3 is 0 Å². The normalized spacial score (nSPS) is 21.6. The number of hydrogen-bond donors (Lipinski definition) is 0. The summed E-state index contributed by atoms with van der Waals surface area (Å²) in [6, 6.07) is 28.6. The molecule has 202 valence electrons. The largest absolute Gasteiger partial charge is 0.271 e. The first-order valence-electron chi connectivity index (χ1n) is 13.2. The van der Waals surface area contributed by atoms with Crippen LogP contribution in [0, 0.1) is 0 Å². The van der Waals surface area contributed by atoms with E-state index in [1.807, 2.05) is 60.7 Å². The predicted octanol–water partition coefficient (Wildman–Crippen LogP) is 5.27. The van der Waals surface area contributed by atoms with Crippen LogP contribution in [-0.4, -0.2) is 52.1 Å². The lowest BCUT2D eigenvalue weighted by Gasteiger charge is -2.25. The van der Waals surface area contributed by atoms with Crippen LogP contribution in [0.15, 0.2) is 117 Å². The molecule has 10 heteroatoms. The number of nitrogens with zero attached hydrogens (tertiary/aromatic N) is 6. The number of benzene rings is 4. The van der Waals surface area contributed by atoms with E-state index < -0.39 is 23.9 Å². The van der Waals surface area contributed by atoms with Crippen molar-refractivity contribution >= 4 is 55.8 Å². The molecule has 3 heterocycles. The van der Waals surface area contributed by atoms with Crippen molar-refractivity contribution in [3.05, 3.63) is 113 Å². The molecular weight excluding hydrogens is 584 g/mol. The van der Waals surface area contributed by atoms with E-state index in [0.29, 0.717) is 12.1 Å². The Morgan fingerprint density at radius 2 is 1.63 bits per heavy atom. The highest BCUT2D eigenvalue weighted by Crippen LogP contribution is 2.36. The van der Waals surface area contributed by atoms with Crippen LogP contribution in [0.1, 0.15) is 23.6 Å². The Balaban J connectivity index is 1.19. The number of carbonyl (C=O) groups is 3. The minimum Gasteiger partial charge on any atom is -0.271 e. The Kier molecular flexibility index (Phi) is 6.19. The monoisotopic (exact) mass is 606 g/mol. The second-order valence-electron chi connectivity index (χ2n) is 10.1. The molecule has 3 aliphatic rings. The summed E-state index contributed by atoms with van der Waals surface area (Å²) in [5.74, 6) is -1.26. The van der Waals surface area contributed by atoms with E-state index in [0.717, 1.165) is 37.0 Å². The third-order valence-corrected chi connectivity index (χ3v) is 8.17. The topological polar surface area (TPSA) is 98.0 Å². The molecule has 0 N–H and O–H groups in total. The van der Waals surface area contributed by atoms with Crippen LogP contribution >= 0.6 is 15.9 Å². The summed E-state index contributed by atoms with van der Waals surface area (Å²) in [5.41, 5.74) is 3.17. The first-order chi connectivity index (χ1) is 20.0. The van der Waals surface area contributed by atoms with E-state index in [9.17, 15) is 14.4 Å². The zero-order valence-electron chi connectivity index (χ0n) is 21.7. The number of anilines is 1. The molecule has 9 nitrogen and oxygen atoms in total. The maximum Gasteiger partial charge on any atom is 0.264 e. The van der Waals surface area contributed by atoms with Gasteiger partial charge in [0.2, 0.25) is 0 Å². The van der Waals surface area contributed by atoms with Crippen molar-refractivity contribution in [2.45, 2.75) is 24.5 Å². The molecule has 1 fully saturated rings. The summed E-state index contributed by atoms with van der Waals surface area (Å²) in [6.07, 6.45) is 0.533. The molecular formula is C31H23BrN6O3. The number of halogens is 1. The van der Waals surface area contributed by atoms with Crippen LogP contribution in [0.4, 0.5) is 5.69 Å². The second-order valence-corrected chi connectivity index (χ2v) is 11.0. The van der Waals surface area contributed by atoms with E-state index in [4.69, 9.17) is 5.10 Å². The summed E-state index contributed by atoms with van der Waals surface area (Å²) in [4.78, 5) is 41.6. The highest BCUT2D eigenvalue weighted by molar-refractivity contribution is 9.10. The third kappa shape index (κ3) is 4.31. The molecule has 3 amide bonds. The fraction of sp³-hybridized carbons (Fsp3) is 0.161. The zero-order chi connectivity index (χ0) is 28.1. The molecule has 0 saturated carbocycles. The van der Waals surface area contributed by atoms with Gasteiger partial charge in [0.1, 0.15) is 6.54 Å². The van der Waals surface area contributed by atoms with Gasteiger partial charge in [-0.15, -0.1) is 0 Å². The van der Waals surface area contributed by atoms with Crippen molar-refractivity contribution in [2.24, 2.45) is 15.4 Å². The van der Waals surface area contributed by atoms with Gasteiger partial charge >= 0.3 is 0 Å². The zero-order valence-corrected chi connectivity index (χ0v) is 23.3. The van der Waals surface area contributed by atoms with Crippen LogP contribution < -0.4 is 4.90 Å². The van der Waals surface area contributed by atoms with Gasteiger partial charge in [0, 0.05) is 16.5 Å². The molecule has 7 rings (SSSR count). The van der Waals surface area contributed by atoms with Gasteiger partial charge in [-0.05, 0) is 34.5 Å². The van der Waals surface area contributed by atoms with Crippen LogP contribution in [0.25, 0.3) is 10.8 Å². The Bertz CT molecular complexity index is 1770. The molecule has 0 spiro atoms. The van der Waals surface area contributed by atoms with E-state index in [2.05, 4.69) is 44.5 Å². The predicted molar refractivity (Wildman–Crippen MR) is 157 cm³/mol. The number of rotatable bonds is 5. The van der Waals surface area contributed by atoms with Crippen LogP contribution in [0.5, 0.6) is 0 Å². The number of imide groups is 1. The van der Waals surface area contributed by atoms with Gasteiger partial charge in [0.25, 0.3) is 17.7 Å². The highest BCUT2D eigenvalue weighted by Gasteiger charge is 2.55. The van der Waals surface area contributed by atoms with Gasteiger partial charge in [-0.3, -0.25) is 19.4 Å². The molecule has 0 aromatic heterocycles. The van der Waals surface area contributed by atoms with Crippen molar-refractivity contribution in [3.8, 4) is 0 Å². The molecule has 3 aliphatic heterocycles. The summed E-state index contributed by atoms with van der Waals surface area (Å²) in [5, 5.41) is 18.0. The minimum atomic E-state index is -0.993. The van der Waals surface area contributed by atoms with Crippen molar-refractivity contribution in [1.29, 1.82) is 0 Å². The maximum atomic E-state index is 13.9. The molecule has 0 radical (unpaired) electrons. The highest BCUT2D eigenvalue weighted by atomic mass is 79.9. The van der Waals surface area contributed by atoms with Crippen molar-refractivity contribution in [2.75, 3.05) is 11.4 Å². The van der Waals surface area contributed by atoms with E-state index >= 15 is 0 Å². The standard InChI is InChI=1S/C31H23BrN6O3/c32-21-12-7-13-22(16-21)37-30(40)28-29(31(37)41)36(35-33-28)18-27(39)38-26(20-9-2-1-3-10-20)17-25(34-38)24-15-6-11-19-8-4-5-14-23(19)24/h1-16,26,28-29H,17-18H2/t26-,28+,29-/m0/s1. The molecule has 0 unspecified atom stereocenters. The Labute approximate surface area is 243 Å². The molecule has 0 bridgehead atoms. The first kappa shape index (κ1) is 25.3. The lowest BCUT2D eigenvalue weighted by molar-refractivity contribution is -0.135. The summed E-state index contributed by atoms with van der Waals surface area (Å²) in [7, 11) is 0. The smallest absolute Gasteiger partial charge is 0.264 e. The molecule has 4 aromatic carbocycles. The fourth-order valence-corrected chi connectivity index (χ4v) is 6.14. The molecule has 3 atom stereocenters. The average Bonchev–Trinajstić information content (AvgIpc) is 3.68.